The van der Waals surface area contributed by atoms with Crippen molar-refractivity contribution in [3.05, 3.63) is 46.8 Å². The van der Waals surface area contributed by atoms with E-state index in [-0.39, 0.29) is 47.7 Å². The fourth-order valence-corrected chi connectivity index (χ4v) is 2.56. The van der Waals surface area contributed by atoms with E-state index in [9.17, 15) is 9.18 Å². The van der Waals surface area contributed by atoms with Crippen molar-refractivity contribution in [2.45, 2.75) is 26.2 Å². The quantitative estimate of drug-likeness (QED) is 0.255. The van der Waals surface area contributed by atoms with Crippen molar-refractivity contribution in [1.82, 2.24) is 15.5 Å². The molecule has 0 heterocycles. The Morgan fingerprint density at radius 2 is 1.96 bits per heavy atom. The summed E-state index contributed by atoms with van der Waals surface area (Å²) in [4.78, 5) is 17.6. The third-order valence-electron chi connectivity index (χ3n) is 3.79. The second-order valence-corrected chi connectivity index (χ2v) is 7.53. The van der Waals surface area contributed by atoms with Crippen molar-refractivity contribution < 1.29 is 9.18 Å². The number of nitrogens with zero attached hydrogens (tertiary/aromatic N) is 2. The highest BCUT2D eigenvalue weighted by atomic mass is 127. The summed E-state index contributed by atoms with van der Waals surface area (Å²) in [5.74, 6) is 0.0480. The smallest absolute Gasteiger partial charge is 0.243 e. The van der Waals surface area contributed by atoms with Gasteiger partial charge < -0.3 is 15.5 Å². The van der Waals surface area contributed by atoms with Crippen LogP contribution in [0.25, 0.3) is 0 Å². The number of hydrogen-bond donors (Lipinski definition) is 2. The third kappa shape index (κ3) is 8.92. The molecule has 1 rings (SSSR count). The molecule has 1 aromatic rings. The van der Waals surface area contributed by atoms with Gasteiger partial charge in [0.1, 0.15) is 12.4 Å². The summed E-state index contributed by atoms with van der Waals surface area (Å²) in [5, 5.41) is 6.74. The monoisotopic (exact) mass is 510 g/mol. The van der Waals surface area contributed by atoms with Crippen LogP contribution in [0, 0.1) is 5.82 Å². The zero-order valence-electron chi connectivity index (χ0n) is 16.5. The predicted octanol–water partition coefficient (Wildman–Crippen LogP) is 3.57. The first kappa shape index (κ1) is 25.7. The molecule has 1 aromatic carbocycles. The molecule has 0 saturated carbocycles. The molecule has 27 heavy (non-hydrogen) atoms. The van der Waals surface area contributed by atoms with Crippen molar-refractivity contribution in [1.29, 1.82) is 0 Å². The van der Waals surface area contributed by atoms with Crippen LogP contribution in [-0.2, 0) is 10.2 Å². The van der Waals surface area contributed by atoms with E-state index in [1.807, 2.05) is 20.8 Å². The number of amides is 1. The Morgan fingerprint density at radius 3 is 2.48 bits per heavy atom. The van der Waals surface area contributed by atoms with E-state index >= 15 is 0 Å². The van der Waals surface area contributed by atoms with Crippen molar-refractivity contribution >= 4 is 47.4 Å². The molecule has 0 aliphatic heterocycles. The highest BCUT2D eigenvalue weighted by Crippen LogP contribution is 2.29. The van der Waals surface area contributed by atoms with Gasteiger partial charge >= 0.3 is 0 Å². The number of carbonyl (C=O) groups is 1. The van der Waals surface area contributed by atoms with Crippen LogP contribution in [0.2, 0.25) is 5.02 Å². The maximum Gasteiger partial charge on any atom is 0.243 e. The van der Waals surface area contributed by atoms with Gasteiger partial charge in [-0.25, -0.2) is 9.38 Å². The molecule has 152 valence electrons. The summed E-state index contributed by atoms with van der Waals surface area (Å²) in [6.45, 7) is 10.8. The molecule has 0 aromatic heterocycles. The molecule has 2 N–H and O–H groups in total. The van der Waals surface area contributed by atoms with Crippen molar-refractivity contribution in [3.63, 3.8) is 0 Å². The number of aliphatic imine (C=N–C) groups is 1. The Morgan fingerprint density at radius 1 is 1.33 bits per heavy atom. The molecule has 0 bridgehead atoms. The Balaban J connectivity index is 0.00000676. The Kier molecular flexibility index (Phi) is 10.9. The lowest BCUT2D eigenvalue weighted by atomic mass is 9.84. The van der Waals surface area contributed by atoms with Crippen LogP contribution in [0.4, 0.5) is 4.39 Å². The first-order valence-electron chi connectivity index (χ1n) is 8.35. The molecule has 0 atom stereocenters. The molecule has 1 amide bonds. The van der Waals surface area contributed by atoms with Gasteiger partial charge in [0.05, 0.1) is 0 Å². The zero-order valence-corrected chi connectivity index (χ0v) is 19.6. The van der Waals surface area contributed by atoms with Gasteiger partial charge in [-0.1, -0.05) is 43.7 Å². The van der Waals surface area contributed by atoms with Crippen LogP contribution in [-0.4, -0.2) is 50.5 Å². The van der Waals surface area contributed by atoms with Gasteiger partial charge in [-0.3, -0.25) is 4.79 Å². The highest BCUT2D eigenvalue weighted by molar-refractivity contribution is 14.0. The van der Waals surface area contributed by atoms with Crippen LogP contribution in [0.5, 0.6) is 0 Å². The molecule has 0 fully saturated rings. The van der Waals surface area contributed by atoms with E-state index < -0.39 is 0 Å². The first-order chi connectivity index (χ1) is 12.0. The van der Waals surface area contributed by atoms with Gasteiger partial charge in [0.25, 0.3) is 0 Å². The van der Waals surface area contributed by atoms with E-state index in [0.29, 0.717) is 24.1 Å². The fourth-order valence-electron chi connectivity index (χ4n) is 2.14. The lowest BCUT2D eigenvalue weighted by molar-refractivity contribution is -0.127. The molecule has 0 spiro atoms. The minimum Gasteiger partial charge on any atom is -0.356 e. The number of carbonyl (C=O) groups excluding carboxylic acids is 1. The molecule has 0 unspecified atom stereocenters. The number of guanidine groups is 1. The summed E-state index contributed by atoms with van der Waals surface area (Å²) in [7, 11) is 3.37. The summed E-state index contributed by atoms with van der Waals surface area (Å²) in [6.07, 6.45) is 0. The van der Waals surface area contributed by atoms with E-state index in [1.54, 1.807) is 20.2 Å². The summed E-state index contributed by atoms with van der Waals surface area (Å²) in [5.41, 5.74) is 1.40. The van der Waals surface area contributed by atoms with E-state index in [1.165, 1.54) is 17.0 Å². The van der Waals surface area contributed by atoms with Crippen LogP contribution < -0.4 is 10.6 Å². The molecule has 5 nitrogen and oxygen atoms in total. The van der Waals surface area contributed by atoms with Gasteiger partial charge in [-0.15, -0.1) is 24.0 Å². The number of likely N-dealkylation sites (N-methyl/N-ethyl adjacent to an activating group) is 1. The number of hydrogen-bond acceptors (Lipinski definition) is 2. The molecular weight excluding hydrogens is 482 g/mol. The molecule has 8 heteroatoms. The van der Waals surface area contributed by atoms with Gasteiger partial charge in [0.15, 0.2) is 5.96 Å². The summed E-state index contributed by atoms with van der Waals surface area (Å²) < 4.78 is 13.3. The van der Waals surface area contributed by atoms with Crippen LogP contribution in [0.1, 0.15) is 26.3 Å². The van der Waals surface area contributed by atoms with Crippen molar-refractivity contribution in [2.75, 3.05) is 33.7 Å². The standard InChI is InChI=1S/C19H28ClFN4O.HI/c1-13(2)10-22-18(23-11-17(26)25(5)6)24-12-19(3,4)15-8-7-14(21)9-16(15)20;/h7-9H,1,10-12H2,2-6H3,(H2,22,23,24);1H. The van der Waals surface area contributed by atoms with Crippen LogP contribution in [0.15, 0.2) is 35.3 Å². The Labute approximate surface area is 183 Å². The Hall–Kier alpha value is -1.35. The lowest BCUT2D eigenvalue weighted by Gasteiger charge is -2.28. The predicted molar refractivity (Wildman–Crippen MR) is 122 cm³/mol. The van der Waals surface area contributed by atoms with Gasteiger partial charge in [-0.2, -0.15) is 0 Å². The van der Waals surface area contributed by atoms with Crippen molar-refractivity contribution in [3.8, 4) is 0 Å². The van der Waals surface area contributed by atoms with E-state index in [4.69, 9.17) is 11.6 Å². The Bertz CT molecular complexity index is 692. The van der Waals surface area contributed by atoms with Crippen LogP contribution in [0.3, 0.4) is 0 Å². The number of nitrogens with one attached hydrogen (secondary N) is 2. The molecular formula is C19H29ClFIN4O. The normalized spacial score (nSPS) is 11.4. The van der Waals surface area contributed by atoms with E-state index in [0.717, 1.165) is 11.1 Å². The molecule has 0 aliphatic rings. The highest BCUT2D eigenvalue weighted by Gasteiger charge is 2.24. The summed E-state index contributed by atoms with van der Waals surface area (Å²) >= 11 is 6.19. The lowest BCUT2D eigenvalue weighted by Crippen LogP contribution is -2.44. The average molecular weight is 511 g/mol. The number of halogens is 3. The maximum absolute atomic E-state index is 13.3. The minimum atomic E-state index is -0.373. The molecule has 0 saturated heterocycles. The van der Waals surface area contributed by atoms with E-state index in [2.05, 4.69) is 22.2 Å². The topological polar surface area (TPSA) is 56.7 Å². The second-order valence-electron chi connectivity index (χ2n) is 7.13. The maximum atomic E-state index is 13.3. The second kappa shape index (κ2) is 11.5. The van der Waals surface area contributed by atoms with Gasteiger partial charge in [0, 0.05) is 37.6 Å². The van der Waals surface area contributed by atoms with Gasteiger partial charge in [-0.05, 0) is 24.6 Å². The SMILES string of the molecule is C=C(C)CNC(=NCC(=O)N(C)C)NCC(C)(C)c1ccc(F)cc1Cl.I. The number of rotatable bonds is 7. The molecule has 0 aliphatic carbocycles. The summed E-state index contributed by atoms with van der Waals surface area (Å²) in [6, 6.07) is 4.39. The fraction of sp³-hybridized carbons (Fsp3) is 0.474. The first-order valence-corrected chi connectivity index (χ1v) is 8.73. The van der Waals surface area contributed by atoms with Gasteiger partial charge in [0.2, 0.25) is 5.91 Å². The van der Waals surface area contributed by atoms with Crippen molar-refractivity contribution in [2.24, 2.45) is 4.99 Å². The number of benzene rings is 1. The molecule has 0 radical (unpaired) electrons. The minimum absolute atomic E-state index is 0. The van der Waals surface area contributed by atoms with Crippen LogP contribution >= 0.6 is 35.6 Å². The zero-order chi connectivity index (χ0) is 19.9. The average Bonchev–Trinajstić information content (AvgIpc) is 2.52. The largest absolute Gasteiger partial charge is 0.356 e. The third-order valence-corrected chi connectivity index (χ3v) is 4.10.